The van der Waals surface area contributed by atoms with Gasteiger partial charge in [0.15, 0.2) is 11.9 Å². The van der Waals surface area contributed by atoms with Crippen molar-refractivity contribution >= 4 is 11.9 Å². The molecule has 1 aliphatic heterocycles. The van der Waals surface area contributed by atoms with Crippen LogP contribution in [0.15, 0.2) is 4.99 Å². The van der Waals surface area contributed by atoms with Crippen molar-refractivity contribution in [3.8, 4) is 0 Å². The molecule has 5 nitrogen and oxygen atoms in total. The molecule has 128 valence electrons. The molecule has 0 amide bonds. The molecule has 0 atom stereocenters. The van der Waals surface area contributed by atoms with Crippen LogP contribution in [0.4, 0.5) is 17.6 Å². The van der Waals surface area contributed by atoms with Gasteiger partial charge in [-0.15, -0.1) is 0 Å². The molecule has 0 aliphatic carbocycles. The third-order valence-corrected chi connectivity index (χ3v) is 3.43. The number of nitrogens with one attached hydrogen (secondary N) is 2. The fourth-order valence-electron chi connectivity index (χ4n) is 2.13. The van der Waals surface area contributed by atoms with Crippen molar-refractivity contribution in [1.82, 2.24) is 10.2 Å². The fourth-order valence-corrected chi connectivity index (χ4v) is 2.13. The molecule has 0 unspecified atom stereocenters. The van der Waals surface area contributed by atoms with E-state index in [0.29, 0.717) is 6.42 Å². The van der Waals surface area contributed by atoms with Gasteiger partial charge in [-0.3, -0.25) is 15.7 Å². The SMILES string of the molecule is CCCC(F)(F)CCN=C(N)NC(=N)N1CCC(F)(F)CC1. The lowest BCUT2D eigenvalue weighted by Gasteiger charge is -2.33. The lowest BCUT2D eigenvalue weighted by molar-refractivity contribution is -0.0438. The standard InChI is InChI=1S/C13H23F4N5/c1-2-3-12(14,15)4-7-20-10(18)21-11(19)22-8-5-13(16,17)6-9-22/h2-9H2,1H3,(H4,18,19,20,21). The molecule has 1 aliphatic rings. The van der Waals surface area contributed by atoms with Gasteiger partial charge in [0.2, 0.25) is 5.92 Å². The van der Waals surface area contributed by atoms with Crippen molar-refractivity contribution in [3.05, 3.63) is 0 Å². The first-order valence-corrected chi connectivity index (χ1v) is 7.31. The molecule has 1 saturated heterocycles. The number of hydrogen-bond acceptors (Lipinski definition) is 2. The summed E-state index contributed by atoms with van der Waals surface area (Å²) in [6, 6.07) is 0. The van der Waals surface area contributed by atoms with Gasteiger partial charge in [0, 0.05) is 45.3 Å². The van der Waals surface area contributed by atoms with Crippen molar-refractivity contribution in [3.63, 3.8) is 0 Å². The first-order valence-electron chi connectivity index (χ1n) is 7.31. The minimum absolute atomic E-state index is 0.0423. The van der Waals surface area contributed by atoms with E-state index in [1.54, 1.807) is 6.92 Å². The average molecular weight is 325 g/mol. The van der Waals surface area contributed by atoms with Crippen molar-refractivity contribution in [2.45, 2.75) is 50.9 Å². The molecule has 22 heavy (non-hydrogen) atoms. The molecule has 0 bridgehead atoms. The predicted molar refractivity (Wildman–Crippen MR) is 77.6 cm³/mol. The molecule has 0 radical (unpaired) electrons. The molecular weight excluding hydrogens is 302 g/mol. The highest BCUT2D eigenvalue weighted by Crippen LogP contribution is 2.27. The molecule has 9 heteroatoms. The van der Waals surface area contributed by atoms with Crippen LogP contribution >= 0.6 is 0 Å². The van der Waals surface area contributed by atoms with Crippen LogP contribution in [0.3, 0.4) is 0 Å². The fraction of sp³-hybridized carbons (Fsp3) is 0.846. The second-order valence-corrected chi connectivity index (χ2v) is 5.44. The summed E-state index contributed by atoms with van der Waals surface area (Å²) in [7, 11) is 0. The van der Waals surface area contributed by atoms with Gasteiger partial charge in [-0.1, -0.05) is 13.3 Å². The van der Waals surface area contributed by atoms with Crippen molar-refractivity contribution in [1.29, 1.82) is 5.41 Å². The number of nitrogens with zero attached hydrogens (tertiary/aromatic N) is 2. The van der Waals surface area contributed by atoms with E-state index in [0.717, 1.165) is 0 Å². The van der Waals surface area contributed by atoms with Crippen molar-refractivity contribution in [2.75, 3.05) is 19.6 Å². The van der Waals surface area contributed by atoms with Crippen LogP contribution in [0.2, 0.25) is 0 Å². The van der Waals surface area contributed by atoms with Gasteiger partial charge in [-0.25, -0.2) is 17.6 Å². The molecule has 1 rings (SSSR count). The lowest BCUT2D eigenvalue weighted by Crippen LogP contribution is -2.50. The number of likely N-dealkylation sites (tertiary alicyclic amines) is 1. The molecule has 0 aromatic heterocycles. The number of aliphatic imine (C=N–C) groups is 1. The summed E-state index contributed by atoms with van der Waals surface area (Å²) in [5.41, 5.74) is 5.52. The summed E-state index contributed by atoms with van der Waals surface area (Å²) in [5, 5.41) is 10.2. The average Bonchev–Trinajstić information content (AvgIpc) is 2.37. The normalized spacial score (nSPS) is 19.1. The molecule has 1 heterocycles. The Morgan fingerprint density at radius 3 is 2.45 bits per heavy atom. The predicted octanol–water partition coefficient (Wildman–Crippen LogP) is 2.38. The minimum Gasteiger partial charge on any atom is -0.370 e. The smallest absolute Gasteiger partial charge is 0.251 e. The van der Waals surface area contributed by atoms with E-state index in [1.165, 1.54) is 4.90 Å². The first-order chi connectivity index (χ1) is 10.2. The van der Waals surface area contributed by atoms with Gasteiger partial charge in [-0.05, 0) is 0 Å². The molecule has 0 aromatic carbocycles. The van der Waals surface area contributed by atoms with Gasteiger partial charge in [0.25, 0.3) is 5.92 Å². The van der Waals surface area contributed by atoms with Gasteiger partial charge in [0.1, 0.15) is 0 Å². The van der Waals surface area contributed by atoms with Gasteiger partial charge >= 0.3 is 0 Å². The van der Waals surface area contributed by atoms with Gasteiger partial charge in [0.05, 0.1) is 0 Å². The number of hydrogen-bond donors (Lipinski definition) is 3. The zero-order chi connectivity index (χ0) is 16.8. The third-order valence-electron chi connectivity index (χ3n) is 3.43. The maximum absolute atomic E-state index is 13.2. The monoisotopic (exact) mass is 325 g/mol. The maximum atomic E-state index is 13.2. The number of nitrogens with two attached hydrogens (primary N) is 1. The highest BCUT2D eigenvalue weighted by molar-refractivity contribution is 5.96. The van der Waals surface area contributed by atoms with Crippen LogP contribution in [-0.4, -0.2) is 48.3 Å². The van der Waals surface area contributed by atoms with E-state index in [-0.39, 0.29) is 50.8 Å². The Bertz CT molecular complexity index is 401. The highest BCUT2D eigenvalue weighted by Gasteiger charge is 2.34. The minimum atomic E-state index is -2.77. The van der Waals surface area contributed by atoms with E-state index in [1.807, 2.05) is 0 Å². The summed E-state index contributed by atoms with van der Waals surface area (Å²) < 4.78 is 52.5. The van der Waals surface area contributed by atoms with Crippen LogP contribution in [0, 0.1) is 5.41 Å². The van der Waals surface area contributed by atoms with E-state index in [4.69, 9.17) is 11.1 Å². The second-order valence-electron chi connectivity index (χ2n) is 5.44. The summed E-state index contributed by atoms with van der Waals surface area (Å²) >= 11 is 0. The molecule has 1 fully saturated rings. The largest absolute Gasteiger partial charge is 0.370 e. The Morgan fingerprint density at radius 1 is 1.32 bits per heavy atom. The summed E-state index contributed by atoms with van der Waals surface area (Å²) in [4.78, 5) is 5.16. The highest BCUT2D eigenvalue weighted by atomic mass is 19.3. The number of guanidine groups is 2. The third kappa shape index (κ3) is 6.48. The Kier molecular flexibility index (Phi) is 6.43. The van der Waals surface area contributed by atoms with Crippen LogP contribution in [0.25, 0.3) is 0 Å². The summed E-state index contributed by atoms with van der Waals surface area (Å²) in [6.07, 6.45) is -0.871. The Labute approximate surface area is 127 Å². The van der Waals surface area contributed by atoms with E-state index in [2.05, 4.69) is 10.3 Å². The zero-order valence-electron chi connectivity index (χ0n) is 12.6. The number of halogens is 4. The Hall–Kier alpha value is -1.54. The van der Waals surface area contributed by atoms with Crippen LogP contribution < -0.4 is 11.1 Å². The van der Waals surface area contributed by atoms with E-state index < -0.39 is 18.3 Å². The first kappa shape index (κ1) is 18.5. The van der Waals surface area contributed by atoms with Crippen LogP contribution in [-0.2, 0) is 0 Å². The summed E-state index contributed by atoms with van der Waals surface area (Å²) in [6.45, 7) is 1.61. The van der Waals surface area contributed by atoms with Crippen LogP contribution in [0.5, 0.6) is 0 Å². The van der Waals surface area contributed by atoms with E-state index in [9.17, 15) is 17.6 Å². The Morgan fingerprint density at radius 2 is 1.91 bits per heavy atom. The van der Waals surface area contributed by atoms with Crippen molar-refractivity contribution < 1.29 is 17.6 Å². The number of alkyl halides is 4. The molecule has 4 N–H and O–H groups in total. The van der Waals surface area contributed by atoms with Gasteiger partial charge < -0.3 is 10.6 Å². The zero-order valence-corrected chi connectivity index (χ0v) is 12.6. The Balaban J connectivity index is 2.36. The maximum Gasteiger partial charge on any atom is 0.251 e. The number of piperidine rings is 1. The quantitative estimate of drug-likeness (QED) is 0.413. The van der Waals surface area contributed by atoms with Crippen molar-refractivity contribution in [2.24, 2.45) is 10.7 Å². The van der Waals surface area contributed by atoms with Gasteiger partial charge in [-0.2, -0.15) is 0 Å². The number of rotatable bonds is 5. The summed E-state index contributed by atoms with van der Waals surface area (Å²) in [5.74, 6) is -5.77. The molecule has 0 spiro atoms. The molecule has 0 saturated carbocycles. The van der Waals surface area contributed by atoms with Crippen LogP contribution in [0.1, 0.15) is 39.0 Å². The lowest BCUT2D eigenvalue weighted by atomic mass is 10.1. The van der Waals surface area contributed by atoms with E-state index >= 15 is 0 Å². The topological polar surface area (TPSA) is 77.5 Å². The molecule has 0 aromatic rings. The molecular formula is C13H23F4N5. The second kappa shape index (κ2) is 7.64.